The molecule has 3 rings (SSSR count). The molecule has 0 spiro atoms. The maximum atomic E-state index is 13.3. The summed E-state index contributed by atoms with van der Waals surface area (Å²) in [7, 11) is 0. The number of alkyl halides is 3. The number of rotatable bonds is 4. The van der Waals surface area contributed by atoms with Crippen LogP contribution < -0.4 is 4.74 Å². The van der Waals surface area contributed by atoms with E-state index in [0.29, 0.717) is 5.75 Å². The van der Waals surface area contributed by atoms with Crippen LogP contribution in [0.5, 0.6) is 5.75 Å². The second-order valence-corrected chi connectivity index (χ2v) is 6.91. The van der Waals surface area contributed by atoms with Crippen molar-refractivity contribution in [2.45, 2.75) is 44.4 Å². The summed E-state index contributed by atoms with van der Waals surface area (Å²) in [5.74, 6) is -2.06. The smallest absolute Gasteiger partial charge is 0.406 e. The fourth-order valence-electron chi connectivity index (χ4n) is 3.59. The molecule has 1 aromatic carbocycles. The van der Waals surface area contributed by atoms with E-state index < -0.39 is 36.4 Å². The highest BCUT2D eigenvalue weighted by atomic mass is 19.4. The first-order valence-corrected chi connectivity index (χ1v) is 8.59. The zero-order valence-electron chi connectivity index (χ0n) is 14.1. The van der Waals surface area contributed by atoms with Crippen LogP contribution in [-0.4, -0.2) is 47.3 Å². The minimum Gasteiger partial charge on any atom is -0.490 e. The van der Waals surface area contributed by atoms with E-state index in [4.69, 9.17) is 9.84 Å². The highest BCUT2D eigenvalue weighted by Crippen LogP contribution is 2.46. The Labute approximate surface area is 148 Å². The Morgan fingerprint density at radius 2 is 1.92 bits per heavy atom. The van der Waals surface area contributed by atoms with Gasteiger partial charge in [0.15, 0.2) is 5.41 Å². The predicted octanol–water partition coefficient (Wildman–Crippen LogP) is 3.49. The summed E-state index contributed by atoms with van der Waals surface area (Å²) in [5, 5.41) is 9.09. The van der Waals surface area contributed by atoms with E-state index in [1.54, 1.807) is 12.1 Å². The Bertz CT molecular complexity index is 700. The fourth-order valence-corrected chi connectivity index (χ4v) is 3.59. The molecule has 26 heavy (non-hydrogen) atoms. The van der Waals surface area contributed by atoms with Crippen LogP contribution >= 0.6 is 0 Å². The standard InChI is InChI=1S/C18H20F3NO4/c19-18(20,21)17(16(24)25)8-9-22(11-17)15(23)12-4-3-7-14(10-12)26-13-5-1-2-6-13/h3-4,7,10,13H,1-2,5-6,8-9,11H2,(H,24,25). The first-order valence-electron chi connectivity index (χ1n) is 8.59. The lowest BCUT2D eigenvalue weighted by Crippen LogP contribution is -2.47. The Hall–Kier alpha value is -2.25. The molecule has 0 bridgehead atoms. The molecule has 0 radical (unpaired) electrons. The van der Waals surface area contributed by atoms with Crippen LogP contribution in [0.25, 0.3) is 0 Å². The second kappa shape index (κ2) is 6.81. The molecule has 1 aliphatic heterocycles. The zero-order valence-corrected chi connectivity index (χ0v) is 14.1. The number of halogens is 3. The third kappa shape index (κ3) is 3.37. The Kier molecular flexibility index (Phi) is 4.86. The second-order valence-electron chi connectivity index (χ2n) is 6.91. The summed E-state index contributed by atoms with van der Waals surface area (Å²) in [6.45, 7) is -1.13. The zero-order chi connectivity index (χ0) is 18.9. The highest BCUT2D eigenvalue weighted by molar-refractivity contribution is 5.95. The Morgan fingerprint density at radius 1 is 1.23 bits per heavy atom. The van der Waals surface area contributed by atoms with Crippen molar-refractivity contribution in [2.24, 2.45) is 5.41 Å². The molecule has 2 fully saturated rings. The number of aliphatic carboxylic acids is 1. The molecule has 1 saturated heterocycles. The van der Waals surface area contributed by atoms with Crippen molar-refractivity contribution < 1.29 is 32.6 Å². The molecule has 1 aromatic rings. The van der Waals surface area contributed by atoms with Gasteiger partial charge in [-0.2, -0.15) is 13.2 Å². The lowest BCUT2D eigenvalue weighted by molar-refractivity contribution is -0.227. The van der Waals surface area contributed by atoms with Crippen LogP contribution in [0.3, 0.4) is 0 Å². The SMILES string of the molecule is O=C(c1cccc(OC2CCCC2)c1)N1CCC(C(=O)O)(C(F)(F)F)C1. The molecule has 1 amide bonds. The van der Waals surface area contributed by atoms with Crippen molar-refractivity contribution >= 4 is 11.9 Å². The molecule has 142 valence electrons. The van der Waals surface area contributed by atoms with Crippen LogP contribution in [0.1, 0.15) is 42.5 Å². The van der Waals surface area contributed by atoms with E-state index in [2.05, 4.69) is 0 Å². The number of hydrogen-bond acceptors (Lipinski definition) is 3. The average Bonchev–Trinajstić information content (AvgIpc) is 3.23. The van der Waals surface area contributed by atoms with Crippen molar-refractivity contribution in [3.05, 3.63) is 29.8 Å². The van der Waals surface area contributed by atoms with Gasteiger partial charge in [-0.05, 0) is 50.3 Å². The van der Waals surface area contributed by atoms with E-state index in [-0.39, 0.29) is 18.2 Å². The van der Waals surface area contributed by atoms with Gasteiger partial charge in [0.05, 0.1) is 6.10 Å². The van der Waals surface area contributed by atoms with E-state index in [1.807, 2.05) is 0 Å². The minimum atomic E-state index is -4.92. The van der Waals surface area contributed by atoms with Crippen LogP contribution in [0, 0.1) is 5.41 Å². The van der Waals surface area contributed by atoms with Gasteiger partial charge in [-0.25, -0.2) is 0 Å². The predicted molar refractivity (Wildman–Crippen MR) is 86.0 cm³/mol. The molecular weight excluding hydrogens is 351 g/mol. The van der Waals surface area contributed by atoms with Gasteiger partial charge in [0, 0.05) is 18.7 Å². The molecule has 5 nitrogen and oxygen atoms in total. The maximum Gasteiger partial charge on any atom is 0.406 e. The van der Waals surface area contributed by atoms with E-state index in [1.165, 1.54) is 12.1 Å². The molecule has 1 atom stereocenters. The molecule has 0 aromatic heterocycles. The lowest BCUT2D eigenvalue weighted by atomic mass is 9.86. The molecule has 8 heteroatoms. The molecule has 1 saturated carbocycles. The summed E-state index contributed by atoms with van der Waals surface area (Å²) in [6, 6.07) is 6.32. The number of nitrogens with zero attached hydrogens (tertiary/aromatic N) is 1. The number of hydrogen-bond donors (Lipinski definition) is 1. The molecule has 1 N–H and O–H groups in total. The monoisotopic (exact) mass is 371 g/mol. The summed E-state index contributed by atoms with van der Waals surface area (Å²) >= 11 is 0. The van der Waals surface area contributed by atoms with Gasteiger partial charge in [-0.1, -0.05) is 6.07 Å². The van der Waals surface area contributed by atoms with Gasteiger partial charge in [-0.3, -0.25) is 9.59 Å². The van der Waals surface area contributed by atoms with Gasteiger partial charge < -0.3 is 14.7 Å². The average molecular weight is 371 g/mol. The number of carboxylic acid groups (broad SMARTS) is 1. The number of ether oxygens (including phenoxy) is 1. The quantitative estimate of drug-likeness (QED) is 0.880. The lowest BCUT2D eigenvalue weighted by Gasteiger charge is -2.27. The summed E-state index contributed by atoms with van der Waals surface area (Å²) < 4.78 is 45.6. The minimum absolute atomic E-state index is 0.0945. The van der Waals surface area contributed by atoms with Gasteiger partial charge in [-0.15, -0.1) is 0 Å². The third-order valence-electron chi connectivity index (χ3n) is 5.19. The number of carboxylic acids is 1. The summed E-state index contributed by atoms with van der Waals surface area (Å²) in [5.41, 5.74) is -2.70. The number of carbonyl (C=O) groups excluding carboxylic acids is 1. The van der Waals surface area contributed by atoms with Crippen LogP contribution in [0.4, 0.5) is 13.2 Å². The Balaban J connectivity index is 1.74. The maximum absolute atomic E-state index is 13.3. The summed E-state index contributed by atoms with van der Waals surface area (Å²) in [6.07, 6.45) is -1.40. The van der Waals surface area contributed by atoms with Gasteiger partial charge >= 0.3 is 12.1 Å². The molecule has 1 unspecified atom stereocenters. The van der Waals surface area contributed by atoms with Crippen LogP contribution in [0.2, 0.25) is 0 Å². The number of carbonyl (C=O) groups is 2. The highest BCUT2D eigenvalue weighted by Gasteiger charge is 2.64. The molecule has 2 aliphatic rings. The molecular formula is C18H20F3NO4. The molecule has 1 aliphatic carbocycles. The fraction of sp³-hybridized carbons (Fsp3) is 0.556. The number of likely N-dealkylation sites (tertiary alicyclic amines) is 1. The van der Waals surface area contributed by atoms with Crippen molar-refractivity contribution in [3.63, 3.8) is 0 Å². The van der Waals surface area contributed by atoms with E-state index in [0.717, 1.165) is 30.6 Å². The van der Waals surface area contributed by atoms with Crippen molar-refractivity contribution in [2.75, 3.05) is 13.1 Å². The number of benzene rings is 1. The third-order valence-corrected chi connectivity index (χ3v) is 5.19. The normalized spacial score (nSPS) is 24.0. The number of amides is 1. The van der Waals surface area contributed by atoms with Gasteiger partial charge in [0.1, 0.15) is 5.75 Å². The first-order chi connectivity index (χ1) is 12.2. The van der Waals surface area contributed by atoms with Crippen molar-refractivity contribution in [1.29, 1.82) is 0 Å². The largest absolute Gasteiger partial charge is 0.490 e. The summed E-state index contributed by atoms with van der Waals surface area (Å²) in [4.78, 5) is 24.8. The first kappa shape index (κ1) is 18.5. The topological polar surface area (TPSA) is 66.8 Å². The van der Waals surface area contributed by atoms with Gasteiger partial charge in [0.2, 0.25) is 0 Å². The van der Waals surface area contributed by atoms with E-state index in [9.17, 15) is 22.8 Å². The Morgan fingerprint density at radius 3 is 2.50 bits per heavy atom. The molecule has 1 heterocycles. The van der Waals surface area contributed by atoms with Crippen molar-refractivity contribution in [3.8, 4) is 5.75 Å². The van der Waals surface area contributed by atoms with Crippen LogP contribution in [-0.2, 0) is 4.79 Å². The van der Waals surface area contributed by atoms with Crippen LogP contribution in [0.15, 0.2) is 24.3 Å². The van der Waals surface area contributed by atoms with Crippen molar-refractivity contribution in [1.82, 2.24) is 4.90 Å². The van der Waals surface area contributed by atoms with Gasteiger partial charge in [0.25, 0.3) is 5.91 Å². The van der Waals surface area contributed by atoms with E-state index >= 15 is 0 Å².